The molecule has 2 heterocycles. The van der Waals surface area contributed by atoms with E-state index in [9.17, 15) is 4.79 Å². The molecule has 0 spiro atoms. The van der Waals surface area contributed by atoms with E-state index in [-0.39, 0.29) is 11.9 Å². The first-order valence-corrected chi connectivity index (χ1v) is 8.39. The Hall–Kier alpha value is -2.92. The first-order chi connectivity index (χ1) is 12.3. The monoisotopic (exact) mass is 333 g/mol. The number of nitrogens with zero attached hydrogens (tertiary/aromatic N) is 1. The van der Waals surface area contributed by atoms with Crippen LogP contribution in [0.15, 0.2) is 65.4 Å². The van der Waals surface area contributed by atoms with Crippen LogP contribution < -0.4 is 10.6 Å². The van der Waals surface area contributed by atoms with Gasteiger partial charge in [-0.1, -0.05) is 59.8 Å². The Balaban J connectivity index is 1.42. The highest BCUT2D eigenvalue weighted by Gasteiger charge is 2.21. The number of rotatable bonds is 4. The predicted octanol–water partition coefficient (Wildman–Crippen LogP) is 2.79. The quantitative estimate of drug-likeness (QED) is 0.770. The second-order valence-corrected chi connectivity index (χ2v) is 6.20. The highest BCUT2D eigenvalue weighted by atomic mass is 16.5. The molecule has 3 aromatic rings. The van der Waals surface area contributed by atoms with Crippen LogP contribution in [0.4, 0.5) is 0 Å². The van der Waals surface area contributed by atoms with E-state index in [1.54, 1.807) is 0 Å². The maximum atomic E-state index is 12.5. The summed E-state index contributed by atoms with van der Waals surface area (Å²) in [5.41, 5.74) is 4.57. The number of carbonyl (C=O) groups excluding carboxylic acids is 1. The minimum absolute atomic E-state index is 0.166. The smallest absolute Gasteiger partial charge is 0.256 e. The lowest BCUT2D eigenvalue weighted by molar-refractivity contribution is 0.0949. The number of hydrogen-bond donors (Lipinski definition) is 2. The molecule has 0 radical (unpaired) electrons. The van der Waals surface area contributed by atoms with Crippen molar-refractivity contribution in [1.82, 2.24) is 15.8 Å². The van der Waals surface area contributed by atoms with Gasteiger partial charge in [0.2, 0.25) is 0 Å². The lowest BCUT2D eigenvalue weighted by Crippen LogP contribution is -2.44. The Morgan fingerprint density at radius 1 is 1.12 bits per heavy atom. The molecule has 4 rings (SSSR count). The van der Waals surface area contributed by atoms with Gasteiger partial charge in [-0.3, -0.25) is 4.79 Å². The number of benzene rings is 2. The fraction of sp³-hybridized carbons (Fsp3) is 0.200. The highest BCUT2D eigenvalue weighted by molar-refractivity contribution is 5.99. The maximum absolute atomic E-state index is 12.5. The van der Waals surface area contributed by atoms with Crippen molar-refractivity contribution in [2.75, 3.05) is 6.54 Å². The third-order valence-corrected chi connectivity index (χ3v) is 4.54. The molecule has 0 bridgehead atoms. The number of fused-ring (bicyclic) bond motifs is 1. The Morgan fingerprint density at radius 3 is 2.72 bits per heavy atom. The molecule has 0 aliphatic carbocycles. The van der Waals surface area contributed by atoms with Crippen LogP contribution in [0, 0.1) is 0 Å². The topological polar surface area (TPSA) is 67.2 Å². The van der Waals surface area contributed by atoms with Crippen LogP contribution in [0.25, 0.3) is 11.3 Å². The minimum Gasteiger partial charge on any atom is -0.363 e. The third kappa shape index (κ3) is 3.32. The molecule has 0 saturated heterocycles. The van der Waals surface area contributed by atoms with E-state index in [4.69, 9.17) is 4.52 Å². The zero-order valence-corrected chi connectivity index (χ0v) is 13.7. The first kappa shape index (κ1) is 15.6. The van der Waals surface area contributed by atoms with Gasteiger partial charge in [-0.15, -0.1) is 0 Å². The summed E-state index contributed by atoms with van der Waals surface area (Å²) in [6.07, 6.45) is 2.31. The van der Waals surface area contributed by atoms with Crippen LogP contribution in [0.2, 0.25) is 0 Å². The van der Waals surface area contributed by atoms with E-state index in [0.29, 0.717) is 17.8 Å². The van der Waals surface area contributed by atoms with E-state index in [2.05, 4.69) is 40.1 Å². The molecule has 126 valence electrons. The molecule has 5 heteroatoms. The maximum Gasteiger partial charge on any atom is 0.256 e. The Morgan fingerprint density at radius 2 is 1.88 bits per heavy atom. The molecule has 2 aromatic carbocycles. The van der Waals surface area contributed by atoms with E-state index in [1.165, 1.54) is 17.4 Å². The number of aromatic nitrogens is 1. The molecule has 1 unspecified atom stereocenters. The summed E-state index contributed by atoms with van der Waals surface area (Å²) in [4.78, 5) is 12.5. The van der Waals surface area contributed by atoms with Gasteiger partial charge in [-0.05, 0) is 17.5 Å². The second-order valence-electron chi connectivity index (χ2n) is 6.20. The summed E-state index contributed by atoms with van der Waals surface area (Å²) in [6.45, 7) is 1.39. The fourth-order valence-electron chi connectivity index (χ4n) is 3.18. The summed E-state index contributed by atoms with van der Waals surface area (Å²) in [6, 6.07) is 18.2. The van der Waals surface area contributed by atoms with Gasteiger partial charge < -0.3 is 15.2 Å². The fourth-order valence-corrected chi connectivity index (χ4v) is 3.18. The zero-order valence-electron chi connectivity index (χ0n) is 13.7. The van der Waals surface area contributed by atoms with Crippen molar-refractivity contribution >= 4 is 5.91 Å². The molecule has 1 aliphatic heterocycles. The van der Waals surface area contributed by atoms with Crippen LogP contribution in [-0.2, 0) is 13.0 Å². The Labute approximate surface area is 146 Å². The lowest BCUT2D eigenvalue weighted by atomic mass is 9.96. The minimum atomic E-state index is -0.166. The van der Waals surface area contributed by atoms with Crippen molar-refractivity contribution < 1.29 is 9.32 Å². The van der Waals surface area contributed by atoms with Gasteiger partial charge in [0.05, 0.1) is 0 Å². The van der Waals surface area contributed by atoms with Crippen molar-refractivity contribution in [3.8, 4) is 11.3 Å². The van der Waals surface area contributed by atoms with Crippen molar-refractivity contribution in [1.29, 1.82) is 0 Å². The van der Waals surface area contributed by atoms with Crippen molar-refractivity contribution in [2.24, 2.45) is 0 Å². The molecule has 2 N–H and O–H groups in total. The molecule has 1 atom stereocenters. The average Bonchev–Trinajstić information content (AvgIpc) is 3.16. The molecule has 5 nitrogen and oxygen atoms in total. The number of hydrogen-bond acceptors (Lipinski definition) is 4. The number of amides is 1. The molecule has 1 aromatic heterocycles. The molecule has 1 amide bonds. The van der Waals surface area contributed by atoms with Crippen LogP contribution in [0.1, 0.15) is 21.5 Å². The summed E-state index contributed by atoms with van der Waals surface area (Å²) < 4.78 is 5.03. The van der Waals surface area contributed by atoms with Gasteiger partial charge in [0.1, 0.15) is 17.5 Å². The van der Waals surface area contributed by atoms with E-state index in [0.717, 1.165) is 18.5 Å². The van der Waals surface area contributed by atoms with E-state index < -0.39 is 0 Å². The van der Waals surface area contributed by atoms with Crippen LogP contribution >= 0.6 is 0 Å². The third-order valence-electron chi connectivity index (χ3n) is 4.54. The van der Waals surface area contributed by atoms with Crippen LogP contribution in [-0.4, -0.2) is 23.7 Å². The van der Waals surface area contributed by atoms with Gasteiger partial charge in [0.15, 0.2) is 0 Å². The molecule has 1 aliphatic rings. The van der Waals surface area contributed by atoms with Gasteiger partial charge >= 0.3 is 0 Å². The number of nitrogens with one attached hydrogen (secondary N) is 2. The lowest BCUT2D eigenvalue weighted by Gasteiger charge is -2.26. The molecule has 25 heavy (non-hydrogen) atoms. The van der Waals surface area contributed by atoms with Gasteiger partial charge in [0, 0.05) is 24.7 Å². The SMILES string of the molecule is O=C(NCC1Cc2ccccc2CN1)c1conc1-c1ccccc1. The zero-order chi connectivity index (χ0) is 17.1. The normalized spacial score (nSPS) is 16.2. The predicted molar refractivity (Wildman–Crippen MR) is 95.0 cm³/mol. The van der Waals surface area contributed by atoms with Crippen molar-refractivity contribution in [3.63, 3.8) is 0 Å². The standard InChI is InChI=1S/C20H19N3O2/c24-20(18-13-25-23-19(18)14-6-2-1-3-7-14)22-12-17-10-15-8-4-5-9-16(15)11-21-17/h1-9,13,17,21H,10-12H2,(H,22,24). The summed E-state index contributed by atoms with van der Waals surface area (Å²) >= 11 is 0. The second kappa shape index (κ2) is 6.91. The molecular formula is C20H19N3O2. The number of carbonyl (C=O) groups is 1. The molecular weight excluding hydrogens is 314 g/mol. The largest absolute Gasteiger partial charge is 0.363 e. The summed E-state index contributed by atoms with van der Waals surface area (Å²) in [5, 5.41) is 10.4. The van der Waals surface area contributed by atoms with Crippen molar-refractivity contribution in [2.45, 2.75) is 19.0 Å². The average molecular weight is 333 g/mol. The van der Waals surface area contributed by atoms with Gasteiger partial charge in [-0.25, -0.2) is 0 Å². The van der Waals surface area contributed by atoms with Gasteiger partial charge in [-0.2, -0.15) is 0 Å². The van der Waals surface area contributed by atoms with E-state index >= 15 is 0 Å². The van der Waals surface area contributed by atoms with Crippen LogP contribution in [0.3, 0.4) is 0 Å². The first-order valence-electron chi connectivity index (χ1n) is 8.39. The molecule has 0 saturated carbocycles. The van der Waals surface area contributed by atoms with Crippen LogP contribution in [0.5, 0.6) is 0 Å². The highest BCUT2D eigenvalue weighted by Crippen LogP contribution is 2.22. The van der Waals surface area contributed by atoms with Gasteiger partial charge in [0.25, 0.3) is 5.91 Å². The Kier molecular flexibility index (Phi) is 4.31. The Bertz CT molecular complexity index is 873. The van der Waals surface area contributed by atoms with Crippen molar-refractivity contribution in [3.05, 3.63) is 77.6 Å². The summed E-state index contributed by atoms with van der Waals surface area (Å²) in [5.74, 6) is -0.166. The van der Waals surface area contributed by atoms with E-state index in [1.807, 2.05) is 30.3 Å². The summed E-state index contributed by atoms with van der Waals surface area (Å²) in [7, 11) is 0. The molecule has 0 fully saturated rings.